The fourth-order valence-corrected chi connectivity index (χ4v) is 3.40. The van der Waals surface area contributed by atoms with Gasteiger partial charge in [-0.05, 0) is 41.1 Å². The summed E-state index contributed by atoms with van der Waals surface area (Å²) < 4.78 is 10.5. The van der Waals surface area contributed by atoms with Crippen LogP contribution >= 0.6 is 11.8 Å². The number of ether oxygens (including phenoxy) is 2. The lowest BCUT2D eigenvalue weighted by molar-refractivity contribution is -0.123. The molecule has 0 spiro atoms. The Kier molecular flexibility index (Phi) is 5.79. The van der Waals surface area contributed by atoms with E-state index in [0.29, 0.717) is 22.0 Å². The van der Waals surface area contributed by atoms with Crippen molar-refractivity contribution in [3.05, 3.63) is 64.6 Å². The first-order valence-electron chi connectivity index (χ1n) is 8.09. The molecule has 0 unspecified atom stereocenters. The van der Waals surface area contributed by atoms with Crippen molar-refractivity contribution in [2.45, 2.75) is 6.54 Å². The van der Waals surface area contributed by atoms with Gasteiger partial charge in [0.15, 0.2) is 18.1 Å². The van der Waals surface area contributed by atoms with E-state index in [1.807, 2.05) is 36.4 Å². The molecule has 3 rings (SSSR count). The standard InChI is InChI=1S/C20H16N2O4S/c1-25-17-11-15(7-8-16(17)26-10-9-21)12-18-19(23)22(20(24)27-18)13-14-5-3-2-4-6-14/h2-8,11-12H,10,13H2,1H3/b18-12-. The number of benzene rings is 2. The van der Waals surface area contributed by atoms with Crippen molar-refractivity contribution in [2.24, 2.45) is 0 Å². The number of nitrogens with zero attached hydrogens (tertiary/aromatic N) is 2. The third-order valence-corrected chi connectivity index (χ3v) is 4.74. The quantitative estimate of drug-likeness (QED) is 0.709. The molecule has 1 heterocycles. The van der Waals surface area contributed by atoms with E-state index in [0.717, 1.165) is 17.3 Å². The van der Waals surface area contributed by atoms with Crippen LogP contribution in [0.2, 0.25) is 0 Å². The molecule has 1 fully saturated rings. The molecule has 0 bridgehead atoms. The van der Waals surface area contributed by atoms with E-state index in [2.05, 4.69) is 0 Å². The highest BCUT2D eigenvalue weighted by atomic mass is 32.2. The van der Waals surface area contributed by atoms with Gasteiger partial charge in [0.2, 0.25) is 0 Å². The molecule has 0 atom stereocenters. The van der Waals surface area contributed by atoms with Crippen LogP contribution in [0.15, 0.2) is 53.4 Å². The second kappa shape index (κ2) is 8.43. The first kappa shape index (κ1) is 18.5. The zero-order valence-corrected chi connectivity index (χ0v) is 15.4. The number of rotatable bonds is 6. The van der Waals surface area contributed by atoms with Crippen LogP contribution in [0.1, 0.15) is 11.1 Å². The SMILES string of the molecule is COc1cc(/C=C2\SC(=O)N(Cc3ccccc3)C2=O)ccc1OCC#N. The van der Waals surface area contributed by atoms with Gasteiger partial charge in [-0.25, -0.2) is 0 Å². The Bertz CT molecular complexity index is 935. The van der Waals surface area contributed by atoms with Crippen LogP contribution in [0.4, 0.5) is 4.79 Å². The first-order chi connectivity index (χ1) is 13.1. The van der Waals surface area contributed by atoms with Crippen LogP contribution < -0.4 is 9.47 Å². The number of imide groups is 1. The summed E-state index contributed by atoms with van der Waals surface area (Å²) in [6.45, 7) is 0.154. The molecule has 7 heteroatoms. The number of hydrogen-bond acceptors (Lipinski definition) is 6. The van der Waals surface area contributed by atoms with E-state index in [1.165, 1.54) is 12.0 Å². The van der Waals surface area contributed by atoms with Gasteiger partial charge in [-0.3, -0.25) is 14.5 Å². The maximum Gasteiger partial charge on any atom is 0.293 e. The topological polar surface area (TPSA) is 79.6 Å². The number of amides is 2. The predicted octanol–water partition coefficient (Wildman–Crippen LogP) is 3.83. The molecule has 2 aromatic carbocycles. The van der Waals surface area contributed by atoms with Crippen LogP contribution in [0.3, 0.4) is 0 Å². The lowest BCUT2D eigenvalue weighted by Gasteiger charge is -2.12. The molecular weight excluding hydrogens is 364 g/mol. The molecule has 0 aromatic heterocycles. The highest BCUT2D eigenvalue weighted by Crippen LogP contribution is 2.35. The van der Waals surface area contributed by atoms with E-state index in [1.54, 1.807) is 24.3 Å². The Morgan fingerprint density at radius 3 is 2.63 bits per heavy atom. The van der Waals surface area contributed by atoms with Gasteiger partial charge in [-0.1, -0.05) is 36.4 Å². The number of carbonyl (C=O) groups is 2. The Hall–Kier alpha value is -3.24. The van der Waals surface area contributed by atoms with Crippen molar-refractivity contribution in [1.29, 1.82) is 5.26 Å². The minimum atomic E-state index is -0.322. The summed E-state index contributed by atoms with van der Waals surface area (Å²) in [4.78, 5) is 26.4. The molecule has 136 valence electrons. The van der Waals surface area contributed by atoms with Gasteiger partial charge < -0.3 is 9.47 Å². The Morgan fingerprint density at radius 2 is 1.93 bits per heavy atom. The van der Waals surface area contributed by atoms with Crippen molar-refractivity contribution in [2.75, 3.05) is 13.7 Å². The average molecular weight is 380 g/mol. The highest BCUT2D eigenvalue weighted by Gasteiger charge is 2.34. The van der Waals surface area contributed by atoms with Crippen molar-refractivity contribution in [1.82, 2.24) is 4.90 Å². The summed E-state index contributed by atoms with van der Waals surface area (Å²) in [7, 11) is 1.49. The lowest BCUT2D eigenvalue weighted by Crippen LogP contribution is -2.27. The summed E-state index contributed by atoms with van der Waals surface area (Å²) in [6.07, 6.45) is 1.65. The maximum absolute atomic E-state index is 12.6. The normalized spacial score (nSPS) is 15.1. The summed E-state index contributed by atoms with van der Waals surface area (Å²) in [5, 5.41) is 8.32. The average Bonchev–Trinajstić information content (AvgIpc) is 2.95. The van der Waals surface area contributed by atoms with E-state index in [-0.39, 0.29) is 24.3 Å². The third kappa shape index (κ3) is 4.30. The van der Waals surface area contributed by atoms with Crippen molar-refractivity contribution < 1.29 is 19.1 Å². The minimum absolute atomic E-state index is 0.0892. The smallest absolute Gasteiger partial charge is 0.293 e. The number of hydrogen-bond donors (Lipinski definition) is 0. The van der Waals surface area contributed by atoms with Gasteiger partial charge in [0, 0.05) is 0 Å². The second-order valence-corrected chi connectivity index (χ2v) is 6.60. The van der Waals surface area contributed by atoms with Gasteiger partial charge >= 0.3 is 0 Å². The van der Waals surface area contributed by atoms with E-state index in [9.17, 15) is 9.59 Å². The van der Waals surface area contributed by atoms with Gasteiger partial charge in [-0.15, -0.1) is 0 Å². The van der Waals surface area contributed by atoms with Crippen molar-refractivity contribution in [3.8, 4) is 17.6 Å². The van der Waals surface area contributed by atoms with Crippen LogP contribution in [0.25, 0.3) is 6.08 Å². The van der Waals surface area contributed by atoms with Gasteiger partial charge in [0.05, 0.1) is 18.6 Å². The largest absolute Gasteiger partial charge is 0.493 e. The summed E-state index contributed by atoms with van der Waals surface area (Å²) in [5.74, 6) is 0.563. The van der Waals surface area contributed by atoms with E-state index >= 15 is 0 Å². The van der Waals surface area contributed by atoms with Crippen molar-refractivity contribution in [3.63, 3.8) is 0 Å². The molecule has 6 nitrogen and oxygen atoms in total. The van der Waals surface area contributed by atoms with Crippen LogP contribution in [-0.2, 0) is 11.3 Å². The molecule has 0 N–H and O–H groups in total. The fraction of sp³-hybridized carbons (Fsp3) is 0.150. The zero-order chi connectivity index (χ0) is 19.2. The predicted molar refractivity (Wildman–Crippen MR) is 102 cm³/mol. The monoisotopic (exact) mass is 380 g/mol. The highest BCUT2D eigenvalue weighted by molar-refractivity contribution is 8.18. The minimum Gasteiger partial charge on any atom is -0.493 e. The number of thioether (sulfide) groups is 1. The maximum atomic E-state index is 12.6. The fourth-order valence-electron chi connectivity index (χ4n) is 2.56. The van der Waals surface area contributed by atoms with Gasteiger partial charge in [-0.2, -0.15) is 5.26 Å². The van der Waals surface area contributed by atoms with Crippen LogP contribution in [-0.4, -0.2) is 29.8 Å². The van der Waals surface area contributed by atoms with E-state index < -0.39 is 0 Å². The summed E-state index contributed by atoms with van der Waals surface area (Å²) in [6, 6.07) is 16.4. The van der Waals surface area contributed by atoms with Crippen molar-refractivity contribution >= 4 is 29.0 Å². The Morgan fingerprint density at radius 1 is 1.15 bits per heavy atom. The van der Waals surface area contributed by atoms with Crippen LogP contribution in [0, 0.1) is 11.3 Å². The first-order valence-corrected chi connectivity index (χ1v) is 8.91. The molecule has 0 radical (unpaired) electrons. The molecule has 2 amide bonds. The molecule has 1 saturated heterocycles. The molecule has 0 aliphatic carbocycles. The Balaban J connectivity index is 1.80. The molecule has 1 aliphatic rings. The third-order valence-electron chi connectivity index (χ3n) is 3.83. The van der Waals surface area contributed by atoms with Gasteiger partial charge in [0.1, 0.15) is 6.07 Å². The van der Waals surface area contributed by atoms with Gasteiger partial charge in [0.25, 0.3) is 11.1 Å². The Labute approximate surface area is 161 Å². The summed E-state index contributed by atoms with van der Waals surface area (Å²) >= 11 is 0.911. The number of carbonyl (C=O) groups excluding carboxylic acids is 2. The van der Waals surface area contributed by atoms with E-state index in [4.69, 9.17) is 14.7 Å². The second-order valence-electron chi connectivity index (χ2n) is 5.61. The lowest BCUT2D eigenvalue weighted by atomic mass is 10.1. The molecule has 27 heavy (non-hydrogen) atoms. The molecule has 1 aliphatic heterocycles. The molecule has 0 saturated carbocycles. The molecule has 2 aromatic rings. The zero-order valence-electron chi connectivity index (χ0n) is 14.5. The summed E-state index contributed by atoms with van der Waals surface area (Å²) in [5.41, 5.74) is 1.59. The number of methoxy groups -OCH3 is 1. The molecular formula is C20H16N2O4S. The van der Waals surface area contributed by atoms with Crippen LogP contribution in [0.5, 0.6) is 11.5 Å². The number of nitriles is 1.